The summed E-state index contributed by atoms with van der Waals surface area (Å²) in [6.07, 6.45) is -2.11. The first kappa shape index (κ1) is 27.8. The van der Waals surface area contributed by atoms with Crippen LogP contribution in [-0.4, -0.2) is 44.3 Å². The third-order valence-corrected chi connectivity index (χ3v) is 4.57. The molecule has 2 aromatic rings. The summed E-state index contributed by atoms with van der Waals surface area (Å²) in [6.45, 7) is 0. The van der Waals surface area contributed by atoms with Crippen molar-refractivity contribution < 1.29 is 52.8 Å². The Morgan fingerprint density at radius 1 is 0.706 bits per heavy atom. The summed E-state index contributed by atoms with van der Waals surface area (Å²) in [5.74, 6) is -5.03. The normalized spacial score (nSPS) is 11.6. The van der Waals surface area contributed by atoms with E-state index < -0.39 is 35.6 Å². The number of nitrogens with one attached hydrogen (secondary N) is 1. The van der Waals surface area contributed by atoms with Gasteiger partial charge in [0.05, 0.1) is 16.9 Å². The van der Waals surface area contributed by atoms with E-state index in [-0.39, 0.29) is 5.69 Å². The van der Waals surface area contributed by atoms with Gasteiger partial charge in [-0.2, -0.15) is 13.2 Å². The fraction of sp³-hybridized carbons (Fsp3) is 0.0476. The van der Waals surface area contributed by atoms with Crippen LogP contribution in [0.5, 0.6) is 0 Å². The van der Waals surface area contributed by atoms with Gasteiger partial charge in [0, 0.05) is 34.1 Å². The van der Waals surface area contributed by atoms with Crippen molar-refractivity contribution >= 4 is 47.0 Å². The number of benzene rings is 2. The number of carboxylic acid groups (broad SMARTS) is 4. The Morgan fingerprint density at radius 3 is 1.59 bits per heavy atom. The fourth-order valence-electron chi connectivity index (χ4n) is 2.18. The minimum Gasteiger partial charge on any atom is -0.478 e. The second-order valence-corrected chi connectivity index (χ2v) is 7.00. The minimum atomic E-state index is -4.34. The van der Waals surface area contributed by atoms with E-state index in [4.69, 9.17) is 20.4 Å². The van der Waals surface area contributed by atoms with E-state index in [9.17, 15) is 32.3 Å². The monoisotopic (exact) mass is 499 g/mol. The smallest absolute Gasteiger partial charge is 0.418 e. The molecule has 0 unspecified atom stereocenters. The number of hydrogen-bond acceptors (Lipinski definition) is 6. The lowest BCUT2D eigenvalue weighted by molar-refractivity contribution is -0.137. The Hall–Kier alpha value is -4.26. The topological polar surface area (TPSA) is 161 Å². The highest BCUT2D eigenvalue weighted by molar-refractivity contribution is 7.99. The summed E-state index contributed by atoms with van der Waals surface area (Å²) in [5.41, 5.74) is 0.238. The number of hydrogen-bond donors (Lipinski definition) is 5. The molecule has 0 saturated heterocycles. The van der Waals surface area contributed by atoms with Crippen molar-refractivity contribution in [2.75, 3.05) is 5.32 Å². The molecule has 0 aromatic heterocycles. The molecular weight excluding hydrogens is 483 g/mol. The quantitative estimate of drug-likeness (QED) is 0.327. The zero-order valence-electron chi connectivity index (χ0n) is 16.8. The van der Waals surface area contributed by atoms with Crippen molar-refractivity contribution in [2.24, 2.45) is 0 Å². The van der Waals surface area contributed by atoms with Gasteiger partial charge in [-0.1, -0.05) is 30.0 Å². The number of anilines is 2. The van der Waals surface area contributed by atoms with Gasteiger partial charge in [0.1, 0.15) is 0 Å². The predicted octanol–water partition coefficient (Wildman–Crippen LogP) is 4.34. The van der Waals surface area contributed by atoms with E-state index in [1.807, 2.05) is 12.1 Å². The molecule has 0 saturated carbocycles. The average Bonchev–Trinajstić information content (AvgIpc) is 2.74. The van der Waals surface area contributed by atoms with E-state index >= 15 is 0 Å². The number of halogens is 3. The lowest BCUT2D eigenvalue weighted by Crippen LogP contribution is -2.11. The second-order valence-electron chi connectivity index (χ2n) is 5.92. The van der Waals surface area contributed by atoms with Crippen molar-refractivity contribution in [2.45, 2.75) is 16.0 Å². The van der Waals surface area contributed by atoms with Crippen molar-refractivity contribution in [3.8, 4) is 0 Å². The lowest BCUT2D eigenvalue weighted by Gasteiger charge is -2.23. The highest BCUT2D eigenvalue weighted by atomic mass is 32.2. The molecule has 0 atom stereocenters. The van der Waals surface area contributed by atoms with E-state index in [2.05, 4.69) is 5.32 Å². The van der Waals surface area contributed by atoms with Gasteiger partial charge in [-0.3, -0.25) is 0 Å². The third-order valence-electron chi connectivity index (χ3n) is 3.44. The van der Waals surface area contributed by atoms with Crippen molar-refractivity contribution in [3.63, 3.8) is 0 Å². The molecular formula is C21H16F3NO8S. The molecule has 34 heavy (non-hydrogen) atoms. The predicted molar refractivity (Wildman–Crippen MR) is 114 cm³/mol. The summed E-state index contributed by atoms with van der Waals surface area (Å²) in [6, 6.07) is 11.6. The minimum absolute atomic E-state index is 0.147. The highest BCUT2D eigenvalue weighted by Gasteiger charge is 2.35. The molecule has 0 aliphatic carbocycles. The summed E-state index contributed by atoms with van der Waals surface area (Å²) >= 11 is 1.35. The maximum Gasteiger partial charge on any atom is 0.418 e. The Morgan fingerprint density at radius 2 is 1.15 bits per heavy atom. The van der Waals surface area contributed by atoms with Crippen LogP contribution >= 0.6 is 11.8 Å². The maximum atomic E-state index is 12.9. The number of fused-ring (bicyclic) bond motifs is 2. The molecule has 2 aromatic carbocycles. The van der Waals surface area contributed by atoms with Crippen LogP contribution in [0.1, 0.15) is 5.56 Å². The van der Waals surface area contributed by atoms with Crippen LogP contribution in [0.25, 0.3) is 0 Å². The van der Waals surface area contributed by atoms with Crippen molar-refractivity contribution in [1.29, 1.82) is 0 Å². The first-order valence-electron chi connectivity index (χ1n) is 8.83. The molecule has 180 valence electrons. The second kappa shape index (κ2) is 12.7. The molecule has 3 rings (SSSR count). The molecule has 0 amide bonds. The number of aliphatic carboxylic acids is 4. The Balaban J connectivity index is 0.000000304. The average molecular weight is 499 g/mol. The zero-order chi connectivity index (χ0) is 25.9. The first-order chi connectivity index (χ1) is 15.8. The molecule has 1 aliphatic rings. The molecule has 1 heterocycles. The van der Waals surface area contributed by atoms with Gasteiger partial charge in [-0.05, 0) is 24.3 Å². The Labute approximate surface area is 193 Å². The summed E-state index contributed by atoms with van der Waals surface area (Å²) in [7, 11) is 0. The molecule has 9 nitrogen and oxygen atoms in total. The van der Waals surface area contributed by atoms with Crippen LogP contribution in [0.2, 0.25) is 0 Å². The van der Waals surface area contributed by atoms with E-state index in [0.717, 1.165) is 11.0 Å². The summed E-state index contributed by atoms with van der Waals surface area (Å²) in [5, 5.41) is 34.1. The molecule has 5 N–H and O–H groups in total. The molecule has 1 aliphatic heterocycles. The van der Waals surface area contributed by atoms with Gasteiger partial charge in [0.2, 0.25) is 0 Å². The largest absolute Gasteiger partial charge is 0.478 e. The van der Waals surface area contributed by atoms with Crippen LogP contribution in [0.4, 0.5) is 24.5 Å². The number of carbonyl (C=O) groups is 4. The molecule has 0 fully saturated rings. The van der Waals surface area contributed by atoms with Gasteiger partial charge in [-0.15, -0.1) is 0 Å². The highest BCUT2D eigenvalue weighted by Crippen LogP contribution is 2.48. The zero-order valence-corrected chi connectivity index (χ0v) is 17.6. The van der Waals surface area contributed by atoms with Crippen molar-refractivity contribution in [1.82, 2.24) is 0 Å². The van der Waals surface area contributed by atoms with Gasteiger partial charge in [0.15, 0.2) is 0 Å². The van der Waals surface area contributed by atoms with Gasteiger partial charge >= 0.3 is 30.1 Å². The van der Waals surface area contributed by atoms with Crippen LogP contribution < -0.4 is 5.32 Å². The van der Waals surface area contributed by atoms with Gasteiger partial charge in [0.25, 0.3) is 0 Å². The van der Waals surface area contributed by atoms with E-state index in [1.165, 1.54) is 17.8 Å². The lowest BCUT2D eigenvalue weighted by atomic mass is 10.1. The summed E-state index contributed by atoms with van der Waals surface area (Å²) < 4.78 is 38.7. The van der Waals surface area contributed by atoms with Gasteiger partial charge < -0.3 is 25.7 Å². The number of alkyl halides is 3. The van der Waals surface area contributed by atoms with E-state index in [1.54, 1.807) is 18.2 Å². The molecule has 0 spiro atoms. The van der Waals surface area contributed by atoms with Crippen LogP contribution in [0.3, 0.4) is 0 Å². The fourth-order valence-corrected chi connectivity index (χ4v) is 3.20. The third kappa shape index (κ3) is 9.91. The maximum absolute atomic E-state index is 12.9. The van der Waals surface area contributed by atoms with Crippen LogP contribution in [0, 0.1) is 0 Å². The number of para-hydroxylation sites is 2. The van der Waals surface area contributed by atoms with E-state index in [0.29, 0.717) is 34.9 Å². The number of carboxylic acids is 4. The Kier molecular flexibility index (Phi) is 10.4. The number of rotatable bonds is 4. The van der Waals surface area contributed by atoms with Crippen molar-refractivity contribution in [3.05, 3.63) is 72.3 Å². The summed E-state index contributed by atoms with van der Waals surface area (Å²) in [4.78, 5) is 39.7. The van der Waals surface area contributed by atoms with Crippen LogP contribution in [-0.2, 0) is 25.4 Å². The first-order valence-corrected chi connectivity index (χ1v) is 9.65. The van der Waals surface area contributed by atoms with Gasteiger partial charge in [-0.25, -0.2) is 19.2 Å². The SMILES string of the molecule is FC(F)(F)c1cccc2c1Nc1ccccc1S2.O=C(O)C=CC(=O)O.O=C(O)C=CC(=O)O. The molecule has 0 radical (unpaired) electrons. The van der Waals surface area contributed by atoms with Crippen LogP contribution in [0.15, 0.2) is 76.6 Å². The molecule has 13 heteroatoms. The standard InChI is InChI=1S/C13H8F3NS.2C4H4O4/c14-13(15,16)8-4-3-7-11-12(8)17-9-5-1-2-6-10(9)18-11;2*5-3(6)1-2-4(7)8/h1-7,17H;2*1-2H,(H,5,6)(H,7,8). The Bertz CT molecular complexity index is 1060. The molecule has 0 bridgehead atoms.